The zero-order chi connectivity index (χ0) is 16.3. The van der Waals surface area contributed by atoms with Crippen molar-refractivity contribution in [2.45, 2.75) is 52.6 Å². The van der Waals surface area contributed by atoms with E-state index in [2.05, 4.69) is 23.0 Å². The maximum atomic E-state index is 10.5. The van der Waals surface area contributed by atoms with Crippen molar-refractivity contribution < 1.29 is 14.5 Å². The van der Waals surface area contributed by atoms with Crippen molar-refractivity contribution in [3.05, 3.63) is 28.0 Å². The van der Waals surface area contributed by atoms with Crippen molar-refractivity contribution in [3.8, 4) is 0 Å². The number of hydrogen-bond donors (Lipinski definition) is 1. The molecule has 0 spiro atoms. The third-order valence-electron chi connectivity index (χ3n) is 3.97. The number of imidazole rings is 1. The Hall–Kier alpha value is -1.26. The molecule has 1 heterocycles. The summed E-state index contributed by atoms with van der Waals surface area (Å²) in [5.41, 5.74) is 2.16. The summed E-state index contributed by atoms with van der Waals surface area (Å²) >= 11 is 12.3. The number of aryl methyl sites for hydroxylation is 2. The summed E-state index contributed by atoms with van der Waals surface area (Å²) in [7, 11) is 0. The Labute approximate surface area is 140 Å². The van der Waals surface area contributed by atoms with E-state index in [1.54, 1.807) is 0 Å². The molecule has 2 aromatic rings. The number of carboxylic acids is 1. The van der Waals surface area contributed by atoms with Crippen LogP contribution in [0.2, 0.25) is 10.0 Å². The molecular weight excluding hydrogens is 323 g/mol. The third kappa shape index (κ3) is 3.55. The first-order chi connectivity index (χ1) is 10.5. The lowest BCUT2D eigenvalue weighted by molar-refractivity contribution is -0.678. The van der Waals surface area contributed by atoms with E-state index in [1.807, 2.05) is 12.1 Å². The van der Waals surface area contributed by atoms with Crippen LogP contribution in [0.5, 0.6) is 0 Å². The van der Waals surface area contributed by atoms with E-state index in [1.165, 1.54) is 0 Å². The second-order valence-corrected chi connectivity index (χ2v) is 6.22. The van der Waals surface area contributed by atoms with E-state index in [0.717, 1.165) is 42.8 Å². The highest BCUT2D eigenvalue weighted by atomic mass is 35.5. The standard InChI is InChI=1S/C16H20Cl2N2O2/c1-3-19-11(2)20(8-6-4-5-7-16(21)22)15-10-13(18)12(17)9-14(15)19/h9-10H,3-8H2,1-2H3/p+1. The summed E-state index contributed by atoms with van der Waals surface area (Å²) in [5.74, 6) is 0.432. The molecule has 0 amide bonds. The van der Waals surface area contributed by atoms with Crippen molar-refractivity contribution >= 4 is 40.2 Å². The number of nitrogens with zero attached hydrogens (tertiary/aromatic N) is 2. The molecule has 120 valence electrons. The highest BCUT2D eigenvalue weighted by Gasteiger charge is 2.21. The topological polar surface area (TPSA) is 46.1 Å². The predicted molar refractivity (Wildman–Crippen MR) is 88.7 cm³/mol. The second kappa shape index (κ2) is 7.34. The van der Waals surface area contributed by atoms with Gasteiger partial charge >= 0.3 is 5.97 Å². The highest BCUT2D eigenvalue weighted by molar-refractivity contribution is 6.42. The van der Waals surface area contributed by atoms with E-state index in [-0.39, 0.29) is 6.42 Å². The number of aromatic nitrogens is 2. The van der Waals surface area contributed by atoms with Crippen molar-refractivity contribution in [3.63, 3.8) is 0 Å². The molecule has 0 aliphatic carbocycles. The van der Waals surface area contributed by atoms with E-state index in [4.69, 9.17) is 28.3 Å². The number of fused-ring (bicyclic) bond motifs is 1. The molecule has 0 aliphatic heterocycles. The van der Waals surface area contributed by atoms with Gasteiger partial charge in [0.05, 0.1) is 23.1 Å². The number of hydrogen-bond acceptors (Lipinski definition) is 1. The van der Waals surface area contributed by atoms with Gasteiger partial charge in [-0.3, -0.25) is 4.79 Å². The van der Waals surface area contributed by atoms with Crippen LogP contribution in [0.3, 0.4) is 0 Å². The molecule has 0 unspecified atom stereocenters. The van der Waals surface area contributed by atoms with Crippen LogP contribution in [0, 0.1) is 6.92 Å². The van der Waals surface area contributed by atoms with Crippen molar-refractivity contribution in [1.29, 1.82) is 0 Å². The number of carbonyl (C=O) groups is 1. The fraction of sp³-hybridized carbons (Fsp3) is 0.500. The molecule has 22 heavy (non-hydrogen) atoms. The third-order valence-corrected chi connectivity index (χ3v) is 4.69. The van der Waals surface area contributed by atoms with Gasteiger partial charge in [0.15, 0.2) is 11.0 Å². The van der Waals surface area contributed by atoms with Gasteiger partial charge in [-0.15, -0.1) is 0 Å². The predicted octanol–water partition coefficient (Wildman–Crippen LogP) is 4.21. The zero-order valence-corrected chi connectivity index (χ0v) is 14.4. The van der Waals surface area contributed by atoms with E-state index in [9.17, 15) is 4.79 Å². The average molecular weight is 344 g/mol. The normalized spacial score (nSPS) is 11.3. The van der Waals surface area contributed by atoms with E-state index >= 15 is 0 Å². The van der Waals surface area contributed by atoms with Crippen LogP contribution in [0.4, 0.5) is 0 Å². The van der Waals surface area contributed by atoms with Crippen molar-refractivity contribution in [2.24, 2.45) is 0 Å². The van der Waals surface area contributed by atoms with Gasteiger partial charge in [-0.25, -0.2) is 9.13 Å². The van der Waals surface area contributed by atoms with Crippen LogP contribution >= 0.6 is 23.2 Å². The minimum absolute atomic E-state index is 0.238. The fourth-order valence-electron chi connectivity index (χ4n) is 2.86. The molecule has 2 rings (SSSR count). The fourth-order valence-corrected chi connectivity index (χ4v) is 3.17. The molecule has 4 nitrogen and oxygen atoms in total. The van der Waals surface area contributed by atoms with Crippen molar-refractivity contribution in [2.75, 3.05) is 0 Å². The Morgan fingerprint density at radius 3 is 2.55 bits per heavy atom. The smallest absolute Gasteiger partial charge is 0.303 e. The van der Waals surface area contributed by atoms with Crippen LogP contribution in [0.15, 0.2) is 12.1 Å². The largest absolute Gasteiger partial charge is 0.481 e. The Morgan fingerprint density at radius 2 is 1.91 bits per heavy atom. The van der Waals surface area contributed by atoms with Crippen LogP contribution < -0.4 is 4.57 Å². The van der Waals surface area contributed by atoms with Crippen LogP contribution in [-0.4, -0.2) is 15.6 Å². The molecule has 0 fully saturated rings. The summed E-state index contributed by atoms with van der Waals surface area (Å²) in [6, 6.07) is 3.83. The second-order valence-electron chi connectivity index (χ2n) is 5.40. The molecule has 0 saturated carbocycles. The van der Waals surface area contributed by atoms with Gasteiger partial charge in [0.2, 0.25) is 0 Å². The first-order valence-corrected chi connectivity index (χ1v) is 8.30. The van der Waals surface area contributed by atoms with Gasteiger partial charge in [0, 0.05) is 25.5 Å². The maximum absolute atomic E-state index is 10.5. The summed E-state index contributed by atoms with van der Waals surface area (Å²) in [6.45, 7) is 5.91. The summed E-state index contributed by atoms with van der Waals surface area (Å²) < 4.78 is 4.45. The lowest BCUT2D eigenvalue weighted by atomic mass is 10.2. The van der Waals surface area contributed by atoms with Crippen LogP contribution in [-0.2, 0) is 17.9 Å². The van der Waals surface area contributed by atoms with Gasteiger partial charge < -0.3 is 5.11 Å². The first kappa shape index (κ1) is 17.1. The molecule has 1 aromatic carbocycles. The Morgan fingerprint density at radius 1 is 1.23 bits per heavy atom. The van der Waals surface area contributed by atoms with E-state index in [0.29, 0.717) is 16.5 Å². The van der Waals surface area contributed by atoms with Crippen LogP contribution in [0.1, 0.15) is 38.4 Å². The van der Waals surface area contributed by atoms with Gasteiger partial charge in [-0.1, -0.05) is 23.2 Å². The lowest BCUT2D eigenvalue weighted by Gasteiger charge is -2.01. The summed E-state index contributed by atoms with van der Waals surface area (Å²) in [6.07, 6.45) is 2.80. The van der Waals surface area contributed by atoms with E-state index < -0.39 is 5.97 Å². The number of aliphatic carboxylic acids is 1. The Kier molecular flexibility index (Phi) is 5.70. The monoisotopic (exact) mass is 343 g/mol. The lowest BCUT2D eigenvalue weighted by Crippen LogP contribution is -2.36. The van der Waals surface area contributed by atoms with Crippen LogP contribution in [0.25, 0.3) is 11.0 Å². The number of unbranched alkanes of at least 4 members (excludes halogenated alkanes) is 2. The molecule has 0 atom stereocenters. The maximum Gasteiger partial charge on any atom is 0.303 e. The molecule has 0 saturated heterocycles. The Balaban J connectivity index is 2.23. The van der Waals surface area contributed by atoms with Gasteiger partial charge in [-0.05, 0) is 26.2 Å². The number of benzene rings is 1. The van der Waals surface area contributed by atoms with Gasteiger partial charge in [-0.2, -0.15) is 0 Å². The Bertz CT molecular complexity index is 695. The molecule has 6 heteroatoms. The minimum atomic E-state index is -0.729. The number of rotatable bonds is 7. The quantitative estimate of drug-likeness (QED) is 0.604. The summed E-state index contributed by atoms with van der Waals surface area (Å²) in [5, 5.41) is 9.79. The average Bonchev–Trinajstić information content (AvgIpc) is 2.70. The zero-order valence-electron chi connectivity index (χ0n) is 12.9. The number of halogens is 2. The van der Waals surface area contributed by atoms with Gasteiger partial charge in [0.1, 0.15) is 0 Å². The molecular formula is C16H21Cl2N2O2+. The number of carboxylic acid groups (broad SMARTS) is 1. The summed E-state index contributed by atoms with van der Waals surface area (Å²) in [4.78, 5) is 10.5. The SMILES string of the molecule is CCn1c(C)[n+](CCCCCC(=O)O)c2cc(Cl)c(Cl)cc21. The molecule has 0 bridgehead atoms. The highest BCUT2D eigenvalue weighted by Crippen LogP contribution is 2.27. The minimum Gasteiger partial charge on any atom is -0.481 e. The molecule has 1 aromatic heterocycles. The molecule has 0 aliphatic rings. The van der Waals surface area contributed by atoms with Crippen molar-refractivity contribution in [1.82, 2.24) is 4.57 Å². The first-order valence-electron chi connectivity index (χ1n) is 7.55. The molecule has 1 N–H and O–H groups in total. The van der Waals surface area contributed by atoms with Gasteiger partial charge in [0.25, 0.3) is 5.82 Å². The molecule has 0 radical (unpaired) electrons.